The molecule has 0 radical (unpaired) electrons. The van der Waals surface area contributed by atoms with Crippen molar-refractivity contribution in [2.45, 2.75) is 6.42 Å². The Labute approximate surface area is 159 Å². The lowest BCUT2D eigenvalue weighted by atomic mass is 10.2. The predicted molar refractivity (Wildman–Crippen MR) is 101 cm³/mol. The highest BCUT2D eigenvalue weighted by molar-refractivity contribution is 9.10. The van der Waals surface area contributed by atoms with E-state index in [4.69, 9.17) is 0 Å². The van der Waals surface area contributed by atoms with Crippen molar-refractivity contribution in [3.63, 3.8) is 0 Å². The van der Waals surface area contributed by atoms with E-state index in [1.165, 1.54) is 4.68 Å². The predicted octanol–water partition coefficient (Wildman–Crippen LogP) is 0.484. The third-order valence-electron chi connectivity index (χ3n) is 4.20. The number of piperazine rings is 1. The van der Waals surface area contributed by atoms with E-state index in [1.807, 2.05) is 4.90 Å². The van der Waals surface area contributed by atoms with E-state index in [9.17, 15) is 9.59 Å². The monoisotopic (exact) mass is 421 g/mol. The van der Waals surface area contributed by atoms with Crippen LogP contribution in [-0.4, -0.2) is 63.3 Å². The molecule has 1 N–H and O–H groups in total. The van der Waals surface area contributed by atoms with Crippen LogP contribution in [0.5, 0.6) is 0 Å². The lowest BCUT2D eigenvalue weighted by molar-refractivity contribution is -0.131. The standard InChI is InChI=1S/C16H20BrN7O2/c1-22-15(26)14(17)12(11-21-22)18-6-3-13(25)23-7-9-24(10-8-23)16-19-4-2-5-20-16/h2,4-5,11,18H,3,6-10H2,1H3. The van der Waals surface area contributed by atoms with Crippen LogP contribution in [0.3, 0.4) is 0 Å². The third-order valence-corrected chi connectivity index (χ3v) is 4.97. The fourth-order valence-electron chi connectivity index (χ4n) is 2.71. The molecule has 0 bridgehead atoms. The van der Waals surface area contributed by atoms with Crippen LogP contribution in [0.25, 0.3) is 0 Å². The number of nitrogens with one attached hydrogen (secondary N) is 1. The zero-order valence-electron chi connectivity index (χ0n) is 14.4. The van der Waals surface area contributed by atoms with E-state index in [0.29, 0.717) is 55.3 Å². The number of amides is 1. The van der Waals surface area contributed by atoms with Gasteiger partial charge in [0.05, 0.1) is 11.9 Å². The van der Waals surface area contributed by atoms with Gasteiger partial charge in [-0.1, -0.05) is 0 Å². The molecule has 0 unspecified atom stereocenters. The summed E-state index contributed by atoms with van der Waals surface area (Å²) in [6, 6.07) is 1.78. The van der Waals surface area contributed by atoms with Gasteiger partial charge in [0, 0.05) is 58.6 Å². The molecule has 1 fully saturated rings. The molecule has 2 aromatic rings. The molecule has 0 saturated carbocycles. The van der Waals surface area contributed by atoms with Gasteiger partial charge in [-0.05, 0) is 22.0 Å². The van der Waals surface area contributed by atoms with Crippen molar-refractivity contribution in [1.29, 1.82) is 0 Å². The summed E-state index contributed by atoms with van der Waals surface area (Å²) in [5, 5.41) is 7.05. The van der Waals surface area contributed by atoms with Gasteiger partial charge in [-0.3, -0.25) is 9.59 Å². The maximum absolute atomic E-state index is 12.4. The Balaban J connectivity index is 1.46. The first-order valence-electron chi connectivity index (χ1n) is 8.31. The van der Waals surface area contributed by atoms with Crippen molar-refractivity contribution in [2.75, 3.05) is 42.9 Å². The van der Waals surface area contributed by atoms with Gasteiger partial charge < -0.3 is 15.1 Å². The topological polar surface area (TPSA) is 96.2 Å². The van der Waals surface area contributed by atoms with Crippen molar-refractivity contribution in [2.24, 2.45) is 7.05 Å². The first kappa shape index (κ1) is 18.3. The molecule has 1 amide bonds. The summed E-state index contributed by atoms with van der Waals surface area (Å²) in [5.41, 5.74) is 0.368. The number of carbonyl (C=O) groups is 1. The average Bonchev–Trinajstić information content (AvgIpc) is 2.68. The Morgan fingerprint density at radius 1 is 1.23 bits per heavy atom. The summed E-state index contributed by atoms with van der Waals surface area (Å²) in [6.45, 7) is 3.16. The molecule has 2 aromatic heterocycles. The minimum atomic E-state index is -0.222. The van der Waals surface area contributed by atoms with Crippen LogP contribution in [0.4, 0.5) is 11.6 Å². The molecule has 10 heteroatoms. The number of anilines is 2. The molecular weight excluding hydrogens is 402 g/mol. The van der Waals surface area contributed by atoms with Gasteiger partial charge in [0.25, 0.3) is 5.56 Å². The molecule has 1 aliphatic heterocycles. The lowest BCUT2D eigenvalue weighted by Gasteiger charge is -2.34. The maximum atomic E-state index is 12.4. The molecule has 1 aliphatic rings. The van der Waals surface area contributed by atoms with E-state index in [1.54, 1.807) is 31.7 Å². The van der Waals surface area contributed by atoms with E-state index in [2.05, 4.69) is 41.2 Å². The van der Waals surface area contributed by atoms with E-state index < -0.39 is 0 Å². The normalized spacial score (nSPS) is 14.4. The highest BCUT2D eigenvalue weighted by atomic mass is 79.9. The van der Waals surface area contributed by atoms with Crippen molar-refractivity contribution in [3.8, 4) is 0 Å². The lowest BCUT2D eigenvalue weighted by Crippen LogP contribution is -2.49. The molecule has 0 aliphatic carbocycles. The first-order valence-corrected chi connectivity index (χ1v) is 9.11. The van der Waals surface area contributed by atoms with Crippen molar-refractivity contribution in [1.82, 2.24) is 24.6 Å². The van der Waals surface area contributed by atoms with Crippen LogP contribution in [-0.2, 0) is 11.8 Å². The fourth-order valence-corrected chi connectivity index (χ4v) is 3.21. The van der Waals surface area contributed by atoms with Gasteiger partial charge >= 0.3 is 0 Å². The SMILES string of the molecule is Cn1ncc(NCCC(=O)N2CCN(c3ncccn3)CC2)c(Br)c1=O. The van der Waals surface area contributed by atoms with Crippen LogP contribution < -0.4 is 15.8 Å². The highest BCUT2D eigenvalue weighted by Gasteiger charge is 2.22. The smallest absolute Gasteiger partial charge is 0.282 e. The number of aryl methyl sites for hydroxylation is 1. The summed E-state index contributed by atoms with van der Waals surface area (Å²) >= 11 is 3.26. The zero-order chi connectivity index (χ0) is 18.5. The van der Waals surface area contributed by atoms with Crippen LogP contribution in [0.2, 0.25) is 0 Å². The van der Waals surface area contributed by atoms with Gasteiger partial charge in [-0.2, -0.15) is 5.10 Å². The molecule has 3 heterocycles. The number of hydrogen-bond acceptors (Lipinski definition) is 7. The summed E-state index contributed by atoms with van der Waals surface area (Å²) in [4.78, 5) is 36.6. The number of halogens is 1. The van der Waals surface area contributed by atoms with Crippen LogP contribution >= 0.6 is 15.9 Å². The van der Waals surface area contributed by atoms with Crippen molar-refractivity contribution >= 4 is 33.5 Å². The largest absolute Gasteiger partial charge is 0.382 e. The molecule has 3 rings (SSSR count). The van der Waals surface area contributed by atoms with Crippen LogP contribution in [0.1, 0.15) is 6.42 Å². The molecule has 9 nitrogen and oxygen atoms in total. The van der Waals surface area contributed by atoms with Crippen molar-refractivity contribution in [3.05, 3.63) is 39.5 Å². The van der Waals surface area contributed by atoms with Gasteiger partial charge in [-0.15, -0.1) is 0 Å². The summed E-state index contributed by atoms with van der Waals surface area (Å²) in [7, 11) is 1.58. The molecular formula is C16H20BrN7O2. The molecule has 0 spiro atoms. The molecule has 0 atom stereocenters. The second-order valence-electron chi connectivity index (χ2n) is 5.89. The Hall–Kier alpha value is -2.49. The van der Waals surface area contributed by atoms with Gasteiger partial charge in [0.15, 0.2) is 0 Å². The second kappa shape index (κ2) is 8.26. The molecule has 0 aromatic carbocycles. The quantitative estimate of drug-likeness (QED) is 0.749. The molecule has 138 valence electrons. The van der Waals surface area contributed by atoms with Gasteiger partial charge in [0.2, 0.25) is 11.9 Å². The molecule has 1 saturated heterocycles. The minimum absolute atomic E-state index is 0.0824. The average molecular weight is 422 g/mol. The summed E-state index contributed by atoms with van der Waals surface area (Å²) in [6.07, 6.45) is 5.35. The number of carbonyl (C=O) groups excluding carboxylic acids is 1. The Kier molecular flexibility index (Phi) is 5.82. The molecule has 26 heavy (non-hydrogen) atoms. The van der Waals surface area contributed by atoms with E-state index in [0.717, 1.165) is 0 Å². The summed E-state index contributed by atoms with van der Waals surface area (Å²) < 4.78 is 1.66. The second-order valence-corrected chi connectivity index (χ2v) is 6.69. The highest BCUT2D eigenvalue weighted by Crippen LogP contribution is 2.16. The number of hydrogen-bond donors (Lipinski definition) is 1. The summed E-state index contributed by atoms with van der Waals surface area (Å²) in [5.74, 6) is 0.781. The zero-order valence-corrected chi connectivity index (χ0v) is 16.0. The first-order chi connectivity index (χ1) is 12.6. The maximum Gasteiger partial charge on any atom is 0.282 e. The third kappa shape index (κ3) is 4.18. The van der Waals surface area contributed by atoms with E-state index in [-0.39, 0.29) is 11.5 Å². The minimum Gasteiger partial charge on any atom is -0.382 e. The fraction of sp³-hybridized carbons (Fsp3) is 0.438. The van der Waals surface area contributed by atoms with Crippen LogP contribution in [0, 0.1) is 0 Å². The number of nitrogens with zero attached hydrogens (tertiary/aromatic N) is 6. The number of rotatable bonds is 5. The Morgan fingerprint density at radius 2 is 1.92 bits per heavy atom. The Morgan fingerprint density at radius 3 is 2.62 bits per heavy atom. The Bertz CT molecular complexity index is 819. The van der Waals surface area contributed by atoms with Gasteiger partial charge in [-0.25, -0.2) is 14.6 Å². The number of aromatic nitrogens is 4. The van der Waals surface area contributed by atoms with Gasteiger partial charge in [0.1, 0.15) is 4.47 Å². The van der Waals surface area contributed by atoms with Crippen LogP contribution in [0.15, 0.2) is 33.9 Å². The van der Waals surface area contributed by atoms with Crippen molar-refractivity contribution < 1.29 is 4.79 Å². The van der Waals surface area contributed by atoms with E-state index >= 15 is 0 Å².